The van der Waals surface area contributed by atoms with Crippen molar-refractivity contribution in [2.45, 2.75) is 40.3 Å². The third-order valence-corrected chi connectivity index (χ3v) is 4.06. The molecule has 0 radical (unpaired) electrons. The Balaban J connectivity index is 1.94. The molecule has 0 unspecified atom stereocenters. The average Bonchev–Trinajstić information content (AvgIpc) is 2.59. The maximum absolute atomic E-state index is 13.1. The molecule has 0 atom stereocenters. The van der Waals surface area contributed by atoms with Crippen LogP contribution in [0.15, 0.2) is 41.3 Å². The number of aryl methyl sites for hydroxylation is 1. The predicted octanol–water partition coefficient (Wildman–Crippen LogP) is 3.04. The van der Waals surface area contributed by atoms with E-state index in [2.05, 4.69) is 19.2 Å². The highest BCUT2D eigenvalue weighted by Gasteiger charge is 2.11. The van der Waals surface area contributed by atoms with Crippen LogP contribution in [0.25, 0.3) is 0 Å². The Bertz CT molecular complexity index is 815. The number of halogens is 1. The van der Waals surface area contributed by atoms with E-state index < -0.39 is 0 Å². The first-order valence-electron chi connectivity index (χ1n) is 8.71. The van der Waals surface area contributed by atoms with Crippen LogP contribution >= 0.6 is 0 Å². The topological polar surface area (TPSA) is 60.3 Å². The van der Waals surface area contributed by atoms with E-state index in [-0.39, 0.29) is 36.1 Å². The largest absolute Gasteiger partial charge is 0.478 e. The number of carbonyl (C=O) groups is 1. The summed E-state index contributed by atoms with van der Waals surface area (Å²) in [6.45, 7) is 6.80. The predicted molar refractivity (Wildman–Crippen MR) is 98.6 cm³/mol. The number of nitrogens with zero attached hydrogens (tertiary/aromatic N) is 1. The maximum atomic E-state index is 13.1. The van der Waals surface area contributed by atoms with Gasteiger partial charge < -0.3 is 14.6 Å². The van der Waals surface area contributed by atoms with E-state index in [1.807, 2.05) is 11.5 Å². The molecule has 6 heteroatoms. The van der Waals surface area contributed by atoms with E-state index in [1.165, 1.54) is 18.2 Å². The van der Waals surface area contributed by atoms with Crippen molar-refractivity contribution in [2.24, 2.45) is 5.92 Å². The van der Waals surface area contributed by atoms with Crippen LogP contribution in [-0.4, -0.2) is 17.1 Å². The van der Waals surface area contributed by atoms with Gasteiger partial charge in [-0.15, -0.1) is 0 Å². The summed E-state index contributed by atoms with van der Waals surface area (Å²) in [6.07, 6.45) is 2.73. The van der Waals surface area contributed by atoms with Gasteiger partial charge >= 0.3 is 0 Å². The van der Waals surface area contributed by atoms with Crippen molar-refractivity contribution in [3.05, 3.63) is 63.8 Å². The van der Waals surface area contributed by atoms with Crippen LogP contribution < -0.4 is 15.5 Å². The lowest BCUT2D eigenvalue weighted by atomic mass is 10.1. The van der Waals surface area contributed by atoms with Gasteiger partial charge in [0, 0.05) is 25.4 Å². The highest BCUT2D eigenvalue weighted by atomic mass is 19.1. The van der Waals surface area contributed by atoms with Gasteiger partial charge in [-0.1, -0.05) is 26.0 Å². The average molecular weight is 360 g/mol. The molecule has 1 N–H and O–H groups in total. The number of pyridine rings is 1. The zero-order valence-corrected chi connectivity index (χ0v) is 15.4. The standard InChI is InChI=1S/C20H25FN2O3/c1-14(2)7-9-23-10-8-18(24)20(15(23)3)26-13-19(25)22-12-16-5-4-6-17(21)11-16/h4-6,8,10-11,14H,7,9,12-13H2,1-3H3,(H,22,25). The van der Waals surface area contributed by atoms with Crippen molar-refractivity contribution in [1.29, 1.82) is 0 Å². The highest BCUT2D eigenvalue weighted by Crippen LogP contribution is 2.13. The second kappa shape index (κ2) is 9.17. The Morgan fingerprint density at radius 3 is 2.77 bits per heavy atom. The van der Waals surface area contributed by atoms with Crippen LogP contribution in [0.3, 0.4) is 0 Å². The van der Waals surface area contributed by atoms with Crippen molar-refractivity contribution in [1.82, 2.24) is 9.88 Å². The Labute approximate surface area is 152 Å². The van der Waals surface area contributed by atoms with E-state index in [9.17, 15) is 14.0 Å². The molecule has 2 rings (SSSR count). The van der Waals surface area contributed by atoms with Crippen LogP contribution in [0.2, 0.25) is 0 Å². The van der Waals surface area contributed by atoms with Crippen molar-refractivity contribution in [3.63, 3.8) is 0 Å². The summed E-state index contributed by atoms with van der Waals surface area (Å²) in [5.41, 5.74) is 1.11. The SMILES string of the molecule is Cc1c(OCC(=O)NCc2cccc(F)c2)c(=O)ccn1CCC(C)C. The molecule has 0 spiro atoms. The fraction of sp³-hybridized carbons (Fsp3) is 0.400. The van der Waals surface area contributed by atoms with E-state index >= 15 is 0 Å². The van der Waals surface area contributed by atoms with Gasteiger partial charge in [-0.2, -0.15) is 0 Å². The molecule has 26 heavy (non-hydrogen) atoms. The number of rotatable bonds is 8. The first-order valence-corrected chi connectivity index (χ1v) is 8.71. The molecule has 0 aliphatic carbocycles. The molecule has 1 heterocycles. The molecule has 140 valence electrons. The van der Waals surface area contributed by atoms with Gasteiger partial charge in [-0.3, -0.25) is 9.59 Å². The first-order chi connectivity index (χ1) is 12.4. The van der Waals surface area contributed by atoms with Gasteiger partial charge in [0.15, 0.2) is 12.4 Å². The van der Waals surface area contributed by atoms with Crippen LogP contribution in [0.1, 0.15) is 31.5 Å². The second-order valence-corrected chi connectivity index (χ2v) is 6.67. The summed E-state index contributed by atoms with van der Waals surface area (Å²) in [5, 5.41) is 2.65. The molecule has 1 amide bonds. The van der Waals surface area contributed by atoms with Gasteiger partial charge in [0.2, 0.25) is 5.43 Å². The van der Waals surface area contributed by atoms with E-state index in [0.29, 0.717) is 17.2 Å². The van der Waals surface area contributed by atoms with Crippen molar-refractivity contribution < 1.29 is 13.9 Å². The number of amides is 1. The van der Waals surface area contributed by atoms with E-state index in [4.69, 9.17) is 4.74 Å². The van der Waals surface area contributed by atoms with Crippen molar-refractivity contribution >= 4 is 5.91 Å². The molecule has 1 aromatic carbocycles. The lowest BCUT2D eigenvalue weighted by Crippen LogP contribution is -2.29. The first kappa shape index (κ1) is 19.7. The molecule has 5 nitrogen and oxygen atoms in total. The summed E-state index contributed by atoms with van der Waals surface area (Å²) in [7, 11) is 0. The van der Waals surface area contributed by atoms with Gasteiger partial charge in [0.05, 0.1) is 5.69 Å². The van der Waals surface area contributed by atoms with Crippen LogP contribution in [0.5, 0.6) is 5.75 Å². The highest BCUT2D eigenvalue weighted by molar-refractivity contribution is 5.77. The molecule has 0 bridgehead atoms. The minimum Gasteiger partial charge on any atom is -0.478 e. The Kier molecular flexibility index (Phi) is 6.95. The molecular formula is C20H25FN2O3. The monoisotopic (exact) mass is 360 g/mol. The number of hydrogen-bond donors (Lipinski definition) is 1. The van der Waals surface area contributed by atoms with E-state index in [1.54, 1.807) is 18.3 Å². The molecule has 0 aliphatic rings. The number of aromatic nitrogens is 1. The van der Waals surface area contributed by atoms with Gasteiger partial charge in [0.1, 0.15) is 5.82 Å². The maximum Gasteiger partial charge on any atom is 0.258 e. The molecule has 0 fully saturated rings. The zero-order valence-electron chi connectivity index (χ0n) is 15.4. The summed E-state index contributed by atoms with van der Waals surface area (Å²) in [4.78, 5) is 24.0. The lowest BCUT2D eigenvalue weighted by molar-refractivity contribution is -0.123. The fourth-order valence-corrected chi connectivity index (χ4v) is 2.51. The number of carbonyl (C=O) groups excluding carboxylic acids is 1. The fourth-order valence-electron chi connectivity index (χ4n) is 2.51. The summed E-state index contributed by atoms with van der Waals surface area (Å²) in [5.74, 6) is 0.0180. The van der Waals surface area contributed by atoms with Gasteiger partial charge in [0.25, 0.3) is 5.91 Å². The normalized spacial score (nSPS) is 10.8. The second-order valence-electron chi connectivity index (χ2n) is 6.67. The Hall–Kier alpha value is -2.63. The smallest absolute Gasteiger partial charge is 0.258 e. The number of nitrogens with one attached hydrogen (secondary N) is 1. The van der Waals surface area contributed by atoms with Crippen LogP contribution in [0, 0.1) is 18.7 Å². The third kappa shape index (κ3) is 5.72. The molecule has 1 aromatic heterocycles. The van der Waals surface area contributed by atoms with Crippen LogP contribution in [-0.2, 0) is 17.9 Å². The van der Waals surface area contributed by atoms with E-state index in [0.717, 1.165) is 13.0 Å². The molecule has 0 saturated carbocycles. The van der Waals surface area contributed by atoms with Crippen molar-refractivity contribution in [3.8, 4) is 5.75 Å². The van der Waals surface area contributed by atoms with Crippen molar-refractivity contribution in [2.75, 3.05) is 6.61 Å². The molecule has 0 saturated heterocycles. The van der Waals surface area contributed by atoms with Crippen LogP contribution in [0.4, 0.5) is 4.39 Å². The van der Waals surface area contributed by atoms with Gasteiger partial charge in [-0.05, 0) is 37.0 Å². The number of ether oxygens (including phenoxy) is 1. The number of benzene rings is 1. The lowest BCUT2D eigenvalue weighted by Gasteiger charge is -2.15. The molecule has 0 aliphatic heterocycles. The third-order valence-electron chi connectivity index (χ3n) is 4.06. The molecule has 2 aromatic rings. The van der Waals surface area contributed by atoms with Gasteiger partial charge in [-0.25, -0.2) is 4.39 Å². The summed E-state index contributed by atoms with van der Waals surface area (Å²) >= 11 is 0. The quantitative estimate of drug-likeness (QED) is 0.787. The zero-order chi connectivity index (χ0) is 19.1. The molecular weight excluding hydrogens is 335 g/mol. The minimum absolute atomic E-state index is 0.192. The minimum atomic E-state index is -0.370. The summed E-state index contributed by atoms with van der Waals surface area (Å²) < 4.78 is 20.6. The Morgan fingerprint density at radius 1 is 1.31 bits per heavy atom. The summed E-state index contributed by atoms with van der Waals surface area (Å²) in [6, 6.07) is 7.46. The number of hydrogen-bond acceptors (Lipinski definition) is 3. The Morgan fingerprint density at radius 2 is 2.08 bits per heavy atom.